The number of aromatic carboxylic acids is 1. The van der Waals surface area contributed by atoms with Crippen LogP contribution in [0.4, 0.5) is 10.1 Å². The van der Waals surface area contributed by atoms with E-state index in [1.807, 2.05) is 0 Å². The predicted molar refractivity (Wildman–Crippen MR) is 70.3 cm³/mol. The third-order valence-electron chi connectivity index (χ3n) is 2.62. The average Bonchev–Trinajstić information content (AvgIpc) is 2.38. The lowest BCUT2D eigenvalue weighted by Gasteiger charge is -2.09. The van der Waals surface area contributed by atoms with E-state index in [1.165, 1.54) is 12.3 Å². The second-order valence-electron chi connectivity index (χ2n) is 4.14. The molecule has 1 heterocycles. The summed E-state index contributed by atoms with van der Waals surface area (Å²) in [6, 6.07) is 6.13. The molecule has 1 amide bonds. The summed E-state index contributed by atoms with van der Waals surface area (Å²) in [5, 5.41) is 11.4. The molecule has 20 heavy (non-hydrogen) atoms. The number of carboxylic acid groups (broad SMARTS) is 1. The van der Waals surface area contributed by atoms with Crippen LogP contribution in [0.25, 0.3) is 0 Å². The van der Waals surface area contributed by atoms with Crippen molar-refractivity contribution < 1.29 is 19.1 Å². The van der Waals surface area contributed by atoms with Crippen LogP contribution in [0.3, 0.4) is 0 Å². The summed E-state index contributed by atoms with van der Waals surface area (Å²) in [6.07, 6.45) is 1.47. The van der Waals surface area contributed by atoms with Crippen LogP contribution in [-0.4, -0.2) is 22.0 Å². The van der Waals surface area contributed by atoms with Gasteiger partial charge in [-0.2, -0.15) is 0 Å². The minimum Gasteiger partial charge on any atom is -0.478 e. The van der Waals surface area contributed by atoms with Gasteiger partial charge in [0.1, 0.15) is 5.82 Å². The summed E-state index contributed by atoms with van der Waals surface area (Å²) in [6.45, 7) is 1.72. The maximum Gasteiger partial charge on any atom is 0.337 e. The quantitative estimate of drug-likeness (QED) is 0.901. The highest BCUT2D eigenvalue weighted by Gasteiger charge is 2.14. The number of carbonyl (C=O) groups is 2. The summed E-state index contributed by atoms with van der Waals surface area (Å²) in [4.78, 5) is 27.0. The molecule has 102 valence electrons. The normalized spacial score (nSPS) is 10.1. The number of hydrogen-bond donors (Lipinski definition) is 2. The number of carboxylic acids is 1. The second-order valence-corrected chi connectivity index (χ2v) is 4.14. The molecule has 0 saturated carbocycles. The lowest BCUT2D eigenvalue weighted by Crippen LogP contribution is -2.15. The molecule has 0 atom stereocenters. The van der Waals surface area contributed by atoms with Gasteiger partial charge in [0.2, 0.25) is 0 Å². The molecule has 0 unspecified atom stereocenters. The van der Waals surface area contributed by atoms with Gasteiger partial charge in [0.25, 0.3) is 5.91 Å². The number of hydrogen-bond acceptors (Lipinski definition) is 3. The lowest BCUT2D eigenvalue weighted by atomic mass is 10.1. The Kier molecular flexibility index (Phi) is 3.74. The number of nitrogens with zero attached hydrogens (tertiary/aromatic N) is 1. The minimum absolute atomic E-state index is 0.0861. The van der Waals surface area contributed by atoms with Crippen molar-refractivity contribution in [1.29, 1.82) is 0 Å². The van der Waals surface area contributed by atoms with Crippen molar-refractivity contribution in [1.82, 2.24) is 4.98 Å². The Hall–Kier alpha value is -2.76. The molecule has 0 fully saturated rings. The van der Waals surface area contributed by atoms with Gasteiger partial charge in [-0.1, -0.05) is 0 Å². The Labute approximate surface area is 114 Å². The standard InChI is InChI=1S/C14H11FN2O3/c1-8-6-9(4-5-16-8)13(18)17-12-7-10(15)2-3-11(12)14(19)20/h2-7H,1H3,(H,17,18)(H,19,20). The first kappa shape index (κ1) is 13.7. The van der Waals surface area contributed by atoms with Crippen molar-refractivity contribution in [2.45, 2.75) is 6.92 Å². The minimum atomic E-state index is -1.24. The molecule has 0 aliphatic carbocycles. The predicted octanol–water partition coefficient (Wildman–Crippen LogP) is 2.48. The van der Waals surface area contributed by atoms with Gasteiger partial charge in [0, 0.05) is 17.5 Å². The van der Waals surface area contributed by atoms with Crippen molar-refractivity contribution in [3.05, 3.63) is 59.2 Å². The van der Waals surface area contributed by atoms with E-state index in [4.69, 9.17) is 5.11 Å². The fourth-order valence-electron chi connectivity index (χ4n) is 1.69. The van der Waals surface area contributed by atoms with Crippen molar-refractivity contribution in [3.8, 4) is 0 Å². The number of benzene rings is 1. The fourth-order valence-corrected chi connectivity index (χ4v) is 1.69. The van der Waals surface area contributed by atoms with E-state index in [9.17, 15) is 14.0 Å². The van der Waals surface area contributed by atoms with Gasteiger partial charge in [-0.15, -0.1) is 0 Å². The smallest absolute Gasteiger partial charge is 0.337 e. The molecule has 5 nitrogen and oxygen atoms in total. The molecule has 0 aliphatic heterocycles. The van der Waals surface area contributed by atoms with E-state index in [-0.39, 0.29) is 11.3 Å². The molecule has 1 aromatic carbocycles. The summed E-state index contributed by atoms with van der Waals surface area (Å²) in [7, 11) is 0. The van der Waals surface area contributed by atoms with Crippen molar-refractivity contribution >= 4 is 17.6 Å². The number of halogens is 1. The molecule has 2 rings (SSSR count). The largest absolute Gasteiger partial charge is 0.478 e. The molecule has 1 aromatic heterocycles. The van der Waals surface area contributed by atoms with E-state index in [0.717, 1.165) is 18.2 Å². The zero-order chi connectivity index (χ0) is 14.7. The summed E-state index contributed by atoms with van der Waals surface area (Å²) < 4.78 is 13.2. The third kappa shape index (κ3) is 2.97. The number of nitrogens with one attached hydrogen (secondary N) is 1. The van der Waals surface area contributed by atoms with E-state index >= 15 is 0 Å². The van der Waals surface area contributed by atoms with Crippen molar-refractivity contribution in [2.24, 2.45) is 0 Å². The summed E-state index contributed by atoms with van der Waals surface area (Å²) in [5.74, 6) is -2.40. The van der Waals surface area contributed by atoms with E-state index in [0.29, 0.717) is 11.3 Å². The SMILES string of the molecule is Cc1cc(C(=O)Nc2cc(F)ccc2C(=O)O)ccn1. The topological polar surface area (TPSA) is 79.3 Å². The van der Waals surface area contributed by atoms with Gasteiger partial charge in [0.15, 0.2) is 0 Å². The Balaban J connectivity index is 2.32. The van der Waals surface area contributed by atoms with Gasteiger partial charge >= 0.3 is 5.97 Å². The molecular weight excluding hydrogens is 263 g/mol. The number of pyridine rings is 1. The fraction of sp³-hybridized carbons (Fsp3) is 0.0714. The maximum atomic E-state index is 13.2. The van der Waals surface area contributed by atoms with Crippen LogP contribution in [0, 0.1) is 12.7 Å². The third-order valence-corrected chi connectivity index (χ3v) is 2.62. The Morgan fingerprint density at radius 1 is 1.25 bits per heavy atom. The van der Waals surface area contributed by atoms with Crippen LogP contribution in [0.2, 0.25) is 0 Å². The molecule has 2 N–H and O–H groups in total. The Morgan fingerprint density at radius 3 is 2.65 bits per heavy atom. The molecule has 6 heteroatoms. The second kappa shape index (κ2) is 5.48. The number of aromatic nitrogens is 1. The number of carbonyl (C=O) groups excluding carboxylic acids is 1. The van der Waals surface area contributed by atoms with Crippen LogP contribution in [0.15, 0.2) is 36.5 Å². The number of anilines is 1. The molecule has 0 saturated heterocycles. The zero-order valence-electron chi connectivity index (χ0n) is 10.6. The first-order valence-electron chi connectivity index (χ1n) is 5.74. The van der Waals surface area contributed by atoms with E-state index < -0.39 is 17.7 Å². The average molecular weight is 274 g/mol. The number of rotatable bonds is 3. The Morgan fingerprint density at radius 2 is 2.00 bits per heavy atom. The summed E-state index contributed by atoms with van der Waals surface area (Å²) >= 11 is 0. The molecule has 2 aromatic rings. The van der Waals surface area contributed by atoms with Gasteiger partial charge < -0.3 is 10.4 Å². The highest BCUT2D eigenvalue weighted by atomic mass is 19.1. The van der Waals surface area contributed by atoms with Crippen LogP contribution in [-0.2, 0) is 0 Å². The van der Waals surface area contributed by atoms with Crippen LogP contribution in [0.5, 0.6) is 0 Å². The van der Waals surface area contributed by atoms with Gasteiger partial charge in [-0.05, 0) is 37.3 Å². The maximum absolute atomic E-state index is 13.2. The molecule has 0 aliphatic rings. The van der Waals surface area contributed by atoms with Crippen LogP contribution < -0.4 is 5.32 Å². The monoisotopic (exact) mass is 274 g/mol. The Bertz CT molecular complexity index is 686. The molecule has 0 radical (unpaired) electrons. The lowest BCUT2D eigenvalue weighted by molar-refractivity contribution is 0.0698. The van der Waals surface area contributed by atoms with Crippen LogP contribution >= 0.6 is 0 Å². The number of aryl methyl sites for hydroxylation is 1. The van der Waals surface area contributed by atoms with Crippen molar-refractivity contribution in [2.75, 3.05) is 5.32 Å². The van der Waals surface area contributed by atoms with Crippen LogP contribution in [0.1, 0.15) is 26.4 Å². The zero-order valence-corrected chi connectivity index (χ0v) is 10.6. The van der Waals surface area contributed by atoms with Gasteiger partial charge in [-0.25, -0.2) is 9.18 Å². The summed E-state index contributed by atoms with van der Waals surface area (Å²) in [5.41, 5.74) is 0.705. The molecule has 0 spiro atoms. The van der Waals surface area contributed by atoms with E-state index in [2.05, 4.69) is 10.3 Å². The highest BCUT2D eigenvalue weighted by Crippen LogP contribution is 2.18. The first-order chi connectivity index (χ1) is 9.47. The highest BCUT2D eigenvalue weighted by molar-refractivity contribution is 6.07. The first-order valence-corrected chi connectivity index (χ1v) is 5.74. The van der Waals surface area contributed by atoms with E-state index in [1.54, 1.807) is 13.0 Å². The van der Waals surface area contributed by atoms with Gasteiger partial charge in [0.05, 0.1) is 11.3 Å². The van der Waals surface area contributed by atoms with Gasteiger partial charge in [-0.3, -0.25) is 9.78 Å². The van der Waals surface area contributed by atoms with Crippen molar-refractivity contribution in [3.63, 3.8) is 0 Å². The molecular formula is C14H11FN2O3. The molecule has 0 bridgehead atoms. The number of amides is 1.